The maximum atomic E-state index is 18.6. The van der Waals surface area contributed by atoms with Crippen LogP contribution in [0.3, 0.4) is 0 Å². The number of unbranched alkanes of at least 4 members (excludes halogenated alkanes) is 6. The standard InChI is InChI=1S/C90H70B2F30N4S2.2C6H14.C4H8O/c1-31(2)39-21-17-22-40(32(3)4)85(39)123-29-47(91(49-55(93)67(105)79(117)68(106)56(49)94,50-57(95)69(107)80(118)70(108)58(50)96)51-59(97)71(109)81(119)72(110)60(51)98)125(87-43(35(9)10)25-19-26-44(87)36(11)12)89(123)127-128-90-124(86-41(33(5)6)23-18-24-42(86)34(7)8)30-48(126(90)88-45(37(13)14)27-20-28-46(88)38(15)16)92(52-61(99)73(111)82(120)74(112)62(52)100,53-63(101)75(113)83(121)76(114)64(53)102)54-65(103)77(115)84(122)78(116)66(54)104;2*1-3-5-6-4-2;1-2-4-5-3-1/h17-38H,1-16H3;2*3-6H2,1-2H3;1-4H2. The zero-order chi connectivity index (χ0) is 108. The lowest BCUT2D eigenvalue weighted by atomic mass is 9.13. The molecular formula is C106H106B2F30N4OS2. The lowest BCUT2D eigenvalue weighted by molar-refractivity contribution is -0.638. The lowest BCUT2D eigenvalue weighted by Crippen LogP contribution is -2.81. The molecule has 1 saturated heterocycles. The van der Waals surface area contributed by atoms with Crippen LogP contribution in [0.4, 0.5) is 132 Å². The lowest BCUT2D eigenvalue weighted by Gasteiger charge is -2.42. The molecule has 1 aliphatic rings. The molecule has 784 valence electrons. The van der Waals surface area contributed by atoms with Gasteiger partial charge in [-0.3, -0.25) is 0 Å². The molecule has 1 aliphatic heterocycles. The normalized spacial score (nSPS) is 12.6. The van der Waals surface area contributed by atoms with Gasteiger partial charge in [0, 0.05) is 79.3 Å². The molecule has 145 heavy (non-hydrogen) atoms. The van der Waals surface area contributed by atoms with Crippen molar-refractivity contribution in [2.45, 2.75) is 260 Å². The number of para-hydroxylation sites is 4. The molecule has 5 nitrogen and oxygen atoms in total. The molecule has 0 saturated carbocycles. The van der Waals surface area contributed by atoms with Gasteiger partial charge >= 0.3 is 10.3 Å². The summed E-state index contributed by atoms with van der Waals surface area (Å²) in [6.07, 6.45) is 0.0352. The Kier molecular flexibility index (Phi) is 37.8. The van der Waals surface area contributed by atoms with Gasteiger partial charge in [-0.25, -0.2) is 141 Å². The number of hydrogen-bond donors (Lipinski definition) is 0. The van der Waals surface area contributed by atoms with E-state index in [9.17, 15) is 0 Å². The Morgan fingerprint density at radius 2 is 0.393 bits per heavy atom. The van der Waals surface area contributed by atoms with E-state index in [-0.39, 0.29) is 78.5 Å². The summed E-state index contributed by atoms with van der Waals surface area (Å²) < 4.78 is 534. The van der Waals surface area contributed by atoms with Gasteiger partial charge in [-0.2, -0.15) is 9.13 Å². The number of hydrogen-bond acceptors (Lipinski definition) is 3. The Morgan fingerprint density at radius 3 is 0.531 bits per heavy atom. The van der Waals surface area contributed by atoms with Crippen molar-refractivity contribution >= 4 is 77.8 Å². The highest BCUT2D eigenvalue weighted by atomic mass is 33.1. The smallest absolute Gasteiger partial charge is 0.336 e. The molecule has 12 aromatic rings. The van der Waals surface area contributed by atoms with Crippen LogP contribution in [0, 0.1) is 175 Å². The number of imidazole rings is 2. The first-order valence-corrected chi connectivity index (χ1v) is 49.5. The maximum Gasteiger partial charge on any atom is 0.336 e. The maximum absolute atomic E-state index is 18.6. The predicted molar refractivity (Wildman–Crippen MR) is 505 cm³/mol. The van der Waals surface area contributed by atoms with Crippen LogP contribution in [-0.2, 0) is 4.74 Å². The molecule has 2 aromatic heterocycles. The zero-order valence-corrected chi connectivity index (χ0v) is 84.3. The van der Waals surface area contributed by atoms with E-state index in [1.807, 2.05) is 0 Å². The van der Waals surface area contributed by atoms with Crippen LogP contribution in [0.1, 0.15) is 295 Å². The van der Waals surface area contributed by atoms with E-state index in [0.29, 0.717) is 18.3 Å². The van der Waals surface area contributed by atoms with Gasteiger partial charge in [-0.1, -0.05) is 263 Å². The Morgan fingerprint density at radius 1 is 0.241 bits per heavy atom. The second-order valence-electron chi connectivity index (χ2n) is 38.0. The Balaban J connectivity index is 0.00000116. The predicted octanol–water partition coefficient (Wildman–Crippen LogP) is 28.5. The van der Waals surface area contributed by atoms with E-state index >= 15 is 132 Å². The summed E-state index contributed by atoms with van der Waals surface area (Å²) in [5.74, 6) is -112. The molecule has 0 N–H and O–H groups in total. The third-order valence-corrected chi connectivity index (χ3v) is 28.3. The number of halogens is 30. The highest BCUT2D eigenvalue weighted by molar-refractivity contribution is 8.76. The van der Waals surface area contributed by atoms with Crippen LogP contribution in [0.2, 0.25) is 0 Å². The minimum atomic E-state index is -7.04. The van der Waals surface area contributed by atoms with Gasteiger partial charge in [0.2, 0.25) is 0 Å². The molecule has 10 aromatic carbocycles. The Labute approximate surface area is 828 Å². The molecule has 39 heteroatoms. The van der Waals surface area contributed by atoms with E-state index in [1.165, 1.54) is 224 Å². The first-order valence-electron chi connectivity index (χ1n) is 47.3. The van der Waals surface area contributed by atoms with E-state index < -0.39 is 311 Å². The van der Waals surface area contributed by atoms with Crippen molar-refractivity contribution in [2.75, 3.05) is 13.2 Å². The second kappa shape index (κ2) is 47.2. The van der Waals surface area contributed by atoms with Crippen molar-refractivity contribution in [3.8, 4) is 22.7 Å². The zero-order valence-electron chi connectivity index (χ0n) is 82.7. The monoisotopic (exact) mass is 2110 g/mol. The van der Waals surface area contributed by atoms with Crippen LogP contribution in [0.15, 0.2) is 95.5 Å². The summed E-state index contributed by atoms with van der Waals surface area (Å²) in [5, 5.41) is -2.28. The highest BCUT2D eigenvalue weighted by Crippen LogP contribution is 2.47. The number of rotatable bonds is 29. The molecule has 0 aliphatic carbocycles. The molecule has 0 bridgehead atoms. The van der Waals surface area contributed by atoms with E-state index in [2.05, 4.69) is 27.7 Å². The van der Waals surface area contributed by atoms with Gasteiger partial charge in [0.05, 0.1) is 12.4 Å². The average Bonchev–Trinajstić information content (AvgIpc) is 1.67. The highest BCUT2D eigenvalue weighted by Gasteiger charge is 2.58. The second-order valence-corrected chi connectivity index (χ2v) is 40.1. The molecule has 0 unspecified atom stereocenters. The summed E-state index contributed by atoms with van der Waals surface area (Å²) >= 11 is 0. The van der Waals surface area contributed by atoms with E-state index in [4.69, 9.17) is 4.74 Å². The molecule has 0 spiro atoms. The van der Waals surface area contributed by atoms with Gasteiger partial charge in [0.25, 0.3) is 0 Å². The van der Waals surface area contributed by atoms with Crippen molar-refractivity contribution in [3.05, 3.63) is 304 Å². The van der Waals surface area contributed by atoms with Gasteiger partial charge in [0.1, 0.15) is 92.6 Å². The fourth-order valence-corrected chi connectivity index (χ4v) is 21.4. The molecule has 3 heterocycles. The van der Waals surface area contributed by atoms with E-state index in [0.717, 1.165) is 37.5 Å². The number of aromatic nitrogens is 4. The van der Waals surface area contributed by atoms with Crippen LogP contribution in [0.25, 0.3) is 22.7 Å². The summed E-state index contributed by atoms with van der Waals surface area (Å²) in [7, 11) is -0.249. The van der Waals surface area contributed by atoms with Crippen LogP contribution in [0.5, 0.6) is 0 Å². The fourth-order valence-electron chi connectivity index (χ4n) is 18.9. The van der Waals surface area contributed by atoms with Crippen molar-refractivity contribution in [1.29, 1.82) is 0 Å². The average molecular weight is 2110 g/mol. The minimum Gasteiger partial charge on any atom is -0.381 e. The van der Waals surface area contributed by atoms with Crippen LogP contribution >= 0.6 is 21.6 Å². The van der Waals surface area contributed by atoms with Gasteiger partial charge < -0.3 is 4.74 Å². The number of nitrogens with zero attached hydrogens (tertiary/aromatic N) is 4. The van der Waals surface area contributed by atoms with Crippen molar-refractivity contribution in [3.63, 3.8) is 0 Å². The molecule has 0 atom stereocenters. The number of ether oxygens (including phenoxy) is 1. The van der Waals surface area contributed by atoms with Crippen molar-refractivity contribution < 1.29 is 146 Å². The van der Waals surface area contributed by atoms with Gasteiger partial charge in [-0.05, 0) is 71.4 Å². The minimum absolute atomic E-state index is 0.0960. The van der Waals surface area contributed by atoms with Crippen molar-refractivity contribution in [2.24, 2.45) is 0 Å². The molecule has 0 radical (unpaired) electrons. The molecule has 13 rings (SSSR count). The molecule has 1 fully saturated rings. The van der Waals surface area contributed by atoms with Crippen molar-refractivity contribution in [1.82, 2.24) is 9.13 Å². The summed E-state index contributed by atoms with van der Waals surface area (Å²) in [5.41, 5.74) is -27.3. The Bertz CT molecular complexity index is 5840. The van der Waals surface area contributed by atoms with Gasteiger partial charge in [-0.15, -0.1) is 32.8 Å². The summed E-state index contributed by atoms with van der Waals surface area (Å²) in [4.78, 5) is 0. The Hall–Kier alpha value is -10.7. The largest absolute Gasteiger partial charge is 0.381 e. The van der Waals surface area contributed by atoms with Gasteiger partial charge in [0.15, 0.2) is 117 Å². The quantitative estimate of drug-likeness (QED) is 0.00889. The first-order chi connectivity index (χ1) is 68.1. The summed E-state index contributed by atoms with van der Waals surface area (Å²) in [6, 6.07) is 14.9. The topological polar surface area (TPSA) is 26.8 Å². The van der Waals surface area contributed by atoms with E-state index in [1.54, 1.807) is 0 Å². The number of benzene rings is 10. The fraction of sp³-hybridized carbons (Fsp3) is 0.377. The molecule has 0 amide bonds. The third-order valence-electron chi connectivity index (χ3n) is 26.0. The first kappa shape index (κ1) is 116. The van der Waals surface area contributed by atoms with Crippen LogP contribution < -0.4 is 53.1 Å². The SMILES string of the molecule is C1CCOC1.CC(C)c1cccc(C(C)C)c1-n1c([B-](c2c(F)c(F)c(F)c(F)c2F)(c2c(F)c(F)c(F)c(F)c2F)c2c(F)c(F)c(F)c(F)c2F)c[n+](-c2c(C(C)C)cccc2C(C)C)c1SSc1n(-c2c(C(C)C)cccc2C(C)C)c([B-](c2c(F)c(F)c(F)c(F)c2F)(c2c(F)c(F)c(F)c(F)c2F)c2c(F)c(F)c(F)c(F)c2F)c[n+]1-c1c(C(C)C)cccc1C(C)C.CCCCCC.CCCCCC. The third kappa shape index (κ3) is 20.7. The molecular weight excluding hydrogens is 2000 g/mol. The summed E-state index contributed by atoms with van der Waals surface area (Å²) in [6.45, 7) is 33.0. The van der Waals surface area contributed by atoms with Crippen LogP contribution in [-0.4, -0.2) is 34.6 Å².